The van der Waals surface area contributed by atoms with Crippen LogP contribution >= 0.6 is 15.9 Å². The van der Waals surface area contributed by atoms with Gasteiger partial charge in [-0.2, -0.15) is 0 Å². The molecular weight excluding hydrogens is 232 g/mol. The summed E-state index contributed by atoms with van der Waals surface area (Å²) >= 11 is 3.36. The van der Waals surface area contributed by atoms with Crippen LogP contribution in [-0.4, -0.2) is 9.38 Å². The van der Waals surface area contributed by atoms with Gasteiger partial charge in [0.2, 0.25) is 0 Å². The van der Waals surface area contributed by atoms with Crippen molar-refractivity contribution >= 4 is 21.6 Å². The number of nitrogens with zero attached hydrogens (tertiary/aromatic N) is 2. The van der Waals surface area contributed by atoms with Gasteiger partial charge in [0, 0.05) is 18.5 Å². The number of rotatable bonds is 0. The Morgan fingerprint density at radius 2 is 2.31 bits per heavy atom. The fraction of sp³-hybridized carbons (Fsp3) is 0.111. The Balaban J connectivity index is 3.03. The molecule has 0 saturated carbocycles. The molecule has 2 aromatic rings. The molecule has 0 aliphatic rings. The third-order valence-electron chi connectivity index (χ3n) is 1.78. The van der Waals surface area contributed by atoms with E-state index in [-0.39, 0.29) is 5.56 Å². The summed E-state index contributed by atoms with van der Waals surface area (Å²) in [6, 6.07) is 3.38. The number of aryl methyl sites for hydroxylation is 1. The van der Waals surface area contributed by atoms with E-state index in [0.717, 1.165) is 10.0 Å². The number of hydrogen-bond donors (Lipinski definition) is 0. The summed E-state index contributed by atoms with van der Waals surface area (Å²) in [6.45, 7) is 1.93. The average Bonchev–Trinajstić information content (AvgIpc) is 2.07. The van der Waals surface area contributed by atoms with Gasteiger partial charge in [-0.1, -0.05) is 0 Å². The van der Waals surface area contributed by atoms with E-state index in [2.05, 4.69) is 20.9 Å². The van der Waals surface area contributed by atoms with E-state index in [9.17, 15) is 4.79 Å². The molecule has 0 radical (unpaired) electrons. The highest BCUT2D eigenvalue weighted by atomic mass is 79.9. The van der Waals surface area contributed by atoms with Crippen molar-refractivity contribution in [2.45, 2.75) is 6.92 Å². The molecule has 13 heavy (non-hydrogen) atoms. The molecule has 0 N–H and O–H groups in total. The van der Waals surface area contributed by atoms with Crippen LogP contribution in [0.15, 0.2) is 33.8 Å². The summed E-state index contributed by atoms with van der Waals surface area (Å²) in [4.78, 5) is 15.5. The molecule has 0 fully saturated rings. The molecule has 0 saturated heterocycles. The second-order valence-electron chi connectivity index (χ2n) is 2.84. The zero-order valence-corrected chi connectivity index (χ0v) is 8.58. The van der Waals surface area contributed by atoms with Gasteiger partial charge in [-0.3, -0.25) is 9.20 Å². The fourth-order valence-electron chi connectivity index (χ4n) is 1.23. The SMILES string of the molecule is Cc1cc(Br)c2nccc(=O)n2c1. The Hall–Kier alpha value is -1.16. The Labute approximate surface area is 83.2 Å². The summed E-state index contributed by atoms with van der Waals surface area (Å²) in [5.74, 6) is 0. The molecule has 0 amide bonds. The maximum absolute atomic E-state index is 11.4. The molecule has 4 heteroatoms. The van der Waals surface area contributed by atoms with Crippen LogP contribution in [-0.2, 0) is 0 Å². The quantitative estimate of drug-likeness (QED) is 0.702. The lowest BCUT2D eigenvalue weighted by Gasteiger charge is -2.02. The predicted octanol–water partition coefficient (Wildman–Crippen LogP) is 1.77. The monoisotopic (exact) mass is 238 g/mol. The highest BCUT2D eigenvalue weighted by Gasteiger charge is 2.01. The van der Waals surface area contributed by atoms with E-state index in [1.807, 2.05) is 13.0 Å². The van der Waals surface area contributed by atoms with Gasteiger partial charge < -0.3 is 0 Å². The Bertz CT molecular complexity index is 518. The van der Waals surface area contributed by atoms with Crippen LogP contribution in [0.5, 0.6) is 0 Å². The molecule has 3 nitrogen and oxygen atoms in total. The van der Waals surface area contributed by atoms with Crippen molar-refractivity contribution in [3.8, 4) is 0 Å². The fourth-order valence-corrected chi connectivity index (χ4v) is 1.88. The molecule has 0 aliphatic heterocycles. The second kappa shape index (κ2) is 2.96. The number of halogens is 1. The highest BCUT2D eigenvalue weighted by Crippen LogP contribution is 2.15. The van der Waals surface area contributed by atoms with Gasteiger partial charge in [0.1, 0.15) is 0 Å². The van der Waals surface area contributed by atoms with E-state index in [4.69, 9.17) is 0 Å². The van der Waals surface area contributed by atoms with E-state index in [0.29, 0.717) is 5.65 Å². The summed E-state index contributed by atoms with van der Waals surface area (Å²) in [5, 5.41) is 0. The summed E-state index contributed by atoms with van der Waals surface area (Å²) in [6.07, 6.45) is 3.28. The van der Waals surface area contributed by atoms with Crippen LogP contribution in [0.4, 0.5) is 0 Å². The molecular formula is C9H7BrN2O. The molecule has 2 rings (SSSR count). The van der Waals surface area contributed by atoms with Crippen molar-refractivity contribution in [1.82, 2.24) is 9.38 Å². The van der Waals surface area contributed by atoms with E-state index >= 15 is 0 Å². The number of aromatic nitrogens is 2. The van der Waals surface area contributed by atoms with Gasteiger partial charge in [0.25, 0.3) is 5.56 Å². The molecule has 66 valence electrons. The minimum atomic E-state index is -0.0607. The van der Waals surface area contributed by atoms with Gasteiger partial charge in [-0.05, 0) is 34.5 Å². The molecule has 0 spiro atoms. The number of pyridine rings is 1. The minimum absolute atomic E-state index is 0.0607. The zero-order chi connectivity index (χ0) is 9.42. The molecule has 0 unspecified atom stereocenters. The highest BCUT2D eigenvalue weighted by molar-refractivity contribution is 9.10. The molecule has 0 aromatic carbocycles. The van der Waals surface area contributed by atoms with Crippen LogP contribution in [0.25, 0.3) is 5.65 Å². The smallest absolute Gasteiger partial charge is 0.257 e. The minimum Gasteiger partial charge on any atom is -0.269 e. The van der Waals surface area contributed by atoms with Crippen molar-refractivity contribution < 1.29 is 0 Å². The normalized spacial score (nSPS) is 10.6. The first kappa shape index (κ1) is 8.44. The molecule has 0 atom stereocenters. The van der Waals surface area contributed by atoms with Crippen LogP contribution in [0, 0.1) is 6.92 Å². The van der Waals surface area contributed by atoms with Crippen LogP contribution in [0.3, 0.4) is 0 Å². The average molecular weight is 239 g/mol. The van der Waals surface area contributed by atoms with Crippen LogP contribution in [0.2, 0.25) is 0 Å². The molecule has 0 aliphatic carbocycles. The number of fused-ring (bicyclic) bond motifs is 1. The first-order valence-corrected chi connectivity index (χ1v) is 4.61. The third kappa shape index (κ3) is 1.37. The van der Waals surface area contributed by atoms with Gasteiger partial charge in [-0.25, -0.2) is 4.98 Å². The van der Waals surface area contributed by atoms with E-state index < -0.39 is 0 Å². The molecule has 2 aromatic heterocycles. The zero-order valence-electron chi connectivity index (χ0n) is 6.99. The topological polar surface area (TPSA) is 34.4 Å². The first-order valence-electron chi connectivity index (χ1n) is 3.82. The van der Waals surface area contributed by atoms with Crippen molar-refractivity contribution in [3.63, 3.8) is 0 Å². The summed E-state index contributed by atoms with van der Waals surface area (Å²) in [7, 11) is 0. The molecule has 2 heterocycles. The van der Waals surface area contributed by atoms with Gasteiger partial charge in [0.05, 0.1) is 4.47 Å². The maximum Gasteiger partial charge on any atom is 0.257 e. The van der Waals surface area contributed by atoms with Crippen molar-refractivity contribution in [1.29, 1.82) is 0 Å². The van der Waals surface area contributed by atoms with Gasteiger partial charge >= 0.3 is 0 Å². The summed E-state index contributed by atoms with van der Waals surface area (Å²) in [5.41, 5.74) is 1.61. The second-order valence-corrected chi connectivity index (χ2v) is 3.70. The van der Waals surface area contributed by atoms with Gasteiger partial charge in [0.15, 0.2) is 5.65 Å². The Kier molecular flexibility index (Phi) is 1.92. The molecule has 0 bridgehead atoms. The lowest BCUT2D eigenvalue weighted by molar-refractivity contribution is 1.02. The summed E-state index contributed by atoms with van der Waals surface area (Å²) < 4.78 is 2.37. The standard InChI is InChI=1S/C9H7BrN2O/c1-6-4-7(10)9-11-3-2-8(13)12(9)5-6/h2-5H,1H3. The van der Waals surface area contributed by atoms with Crippen molar-refractivity contribution in [2.24, 2.45) is 0 Å². The maximum atomic E-state index is 11.4. The van der Waals surface area contributed by atoms with Crippen LogP contribution < -0.4 is 5.56 Å². The lowest BCUT2D eigenvalue weighted by Crippen LogP contribution is -2.13. The predicted molar refractivity (Wildman–Crippen MR) is 53.9 cm³/mol. The van der Waals surface area contributed by atoms with Gasteiger partial charge in [-0.15, -0.1) is 0 Å². The largest absolute Gasteiger partial charge is 0.269 e. The van der Waals surface area contributed by atoms with E-state index in [1.54, 1.807) is 6.20 Å². The first-order chi connectivity index (χ1) is 6.18. The Morgan fingerprint density at radius 1 is 1.54 bits per heavy atom. The van der Waals surface area contributed by atoms with Crippen molar-refractivity contribution in [2.75, 3.05) is 0 Å². The van der Waals surface area contributed by atoms with Crippen molar-refractivity contribution in [3.05, 3.63) is 44.9 Å². The number of hydrogen-bond acceptors (Lipinski definition) is 2. The lowest BCUT2D eigenvalue weighted by atomic mass is 10.3. The third-order valence-corrected chi connectivity index (χ3v) is 2.36. The van der Waals surface area contributed by atoms with Crippen LogP contribution in [0.1, 0.15) is 5.56 Å². The Morgan fingerprint density at radius 3 is 3.08 bits per heavy atom. The van der Waals surface area contributed by atoms with E-state index in [1.165, 1.54) is 16.7 Å².